The van der Waals surface area contributed by atoms with E-state index in [-0.39, 0.29) is 12.8 Å². The number of rotatable bonds is 6. The molecule has 0 fully saturated rings. The van der Waals surface area contributed by atoms with Gasteiger partial charge in [-0.15, -0.1) is 11.3 Å². The number of hydrogen-bond acceptors (Lipinski definition) is 4. The average molecular weight is 310 g/mol. The number of hydrogen-bond donors (Lipinski definition) is 1. The van der Waals surface area contributed by atoms with Crippen LogP contribution in [0.25, 0.3) is 10.4 Å². The van der Waals surface area contributed by atoms with Gasteiger partial charge < -0.3 is 5.11 Å². The van der Waals surface area contributed by atoms with E-state index < -0.39 is 12.0 Å². The fourth-order valence-electron chi connectivity index (χ4n) is 1.88. The highest BCUT2D eigenvalue weighted by atomic mass is 35.5. The van der Waals surface area contributed by atoms with Crippen LogP contribution in [0, 0.1) is 4.91 Å². The molecule has 1 N–H and O–H groups in total. The number of nitroso groups, excluding NO2 is 1. The Balaban J connectivity index is 2.14. The molecule has 1 atom stereocenters. The highest BCUT2D eigenvalue weighted by molar-refractivity contribution is 7.19. The van der Waals surface area contributed by atoms with Gasteiger partial charge in [-0.3, -0.25) is 4.79 Å². The minimum Gasteiger partial charge on any atom is -0.481 e. The number of carboxylic acid groups (broad SMARTS) is 1. The van der Waals surface area contributed by atoms with E-state index in [2.05, 4.69) is 5.18 Å². The van der Waals surface area contributed by atoms with E-state index in [4.69, 9.17) is 16.7 Å². The van der Waals surface area contributed by atoms with Gasteiger partial charge in [-0.25, -0.2) is 0 Å². The minimum atomic E-state index is -0.927. The van der Waals surface area contributed by atoms with E-state index in [9.17, 15) is 9.70 Å². The van der Waals surface area contributed by atoms with Crippen molar-refractivity contribution in [2.45, 2.75) is 18.9 Å². The minimum absolute atomic E-state index is 0.0707. The first-order chi connectivity index (χ1) is 9.60. The summed E-state index contributed by atoms with van der Waals surface area (Å²) in [5, 5.41) is 11.6. The molecule has 1 aromatic carbocycles. The van der Waals surface area contributed by atoms with Crippen molar-refractivity contribution < 1.29 is 9.90 Å². The lowest BCUT2D eigenvalue weighted by Crippen LogP contribution is -2.00. The van der Waals surface area contributed by atoms with Crippen LogP contribution in [0.3, 0.4) is 0 Å². The lowest BCUT2D eigenvalue weighted by Gasteiger charge is -2.08. The van der Waals surface area contributed by atoms with Crippen molar-refractivity contribution in [3.05, 3.63) is 51.2 Å². The Morgan fingerprint density at radius 1 is 1.25 bits per heavy atom. The van der Waals surface area contributed by atoms with Crippen molar-refractivity contribution in [1.29, 1.82) is 0 Å². The zero-order valence-corrected chi connectivity index (χ0v) is 12.0. The molecule has 2 rings (SSSR count). The van der Waals surface area contributed by atoms with E-state index in [0.717, 1.165) is 20.3 Å². The van der Waals surface area contributed by atoms with Crippen molar-refractivity contribution in [3.63, 3.8) is 0 Å². The lowest BCUT2D eigenvalue weighted by atomic mass is 10.0. The Morgan fingerprint density at radius 2 is 1.95 bits per heavy atom. The predicted molar refractivity (Wildman–Crippen MR) is 80.2 cm³/mol. The third kappa shape index (κ3) is 3.65. The molecular weight excluding hydrogens is 298 g/mol. The van der Waals surface area contributed by atoms with E-state index in [0.29, 0.717) is 0 Å². The number of aliphatic carboxylic acids is 1. The maximum Gasteiger partial charge on any atom is 0.303 e. The topological polar surface area (TPSA) is 66.7 Å². The van der Waals surface area contributed by atoms with Crippen LogP contribution in [-0.2, 0) is 4.79 Å². The summed E-state index contributed by atoms with van der Waals surface area (Å²) in [6.07, 6.45) is 0.141. The van der Waals surface area contributed by atoms with Gasteiger partial charge in [0, 0.05) is 11.3 Å². The molecule has 0 saturated carbocycles. The van der Waals surface area contributed by atoms with Gasteiger partial charge in [0.05, 0.1) is 4.34 Å². The second-order valence-electron chi connectivity index (χ2n) is 4.28. The SMILES string of the molecule is O=NC(CCC(=O)O)c1ccc(-c2ccc(Cl)s2)cc1. The Labute approximate surface area is 125 Å². The molecule has 104 valence electrons. The largest absolute Gasteiger partial charge is 0.481 e. The summed E-state index contributed by atoms with van der Waals surface area (Å²) in [5.41, 5.74) is 1.74. The molecule has 0 saturated heterocycles. The highest BCUT2D eigenvalue weighted by Crippen LogP contribution is 2.32. The molecule has 4 nitrogen and oxygen atoms in total. The first kappa shape index (κ1) is 14.7. The van der Waals surface area contributed by atoms with Crippen LogP contribution in [0.4, 0.5) is 0 Å². The molecule has 1 aromatic heterocycles. The fourth-order valence-corrected chi connectivity index (χ4v) is 2.93. The molecule has 20 heavy (non-hydrogen) atoms. The molecule has 2 aromatic rings. The second kappa shape index (κ2) is 6.63. The monoisotopic (exact) mass is 309 g/mol. The van der Waals surface area contributed by atoms with E-state index in [1.807, 2.05) is 24.3 Å². The maximum atomic E-state index is 10.8. The Bertz CT molecular complexity index is 609. The number of nitrogens with zero attached hydrogens (tertiary/aromatic N) is 1. The number of carbonyl (C=O) groups is 1. The van der Waals surface area contributed by atoms with Gasteiger partial charge in [-0.2, -0.15) is 4.91 Å². The van der Waals surface area contributed by atoms with Gasteiger partial charge in [0.2, 0.25) is 0 Å². The molecule has 1 heterocycles. The summed E-state index contributed by atoms with van der Waals surface area (Å²) in [4.78, 5) is 22.4. The molecular formula is C14H12ClNO3S. The predicted octanol–water partition coefficient (Wildman–Crippen LogP) is 4.74. The van der Waals surface area contributed by atoms with Crippen molar-refractivity contribution in [2.75, 3.05) is 0 Å². The maximum absolute atomic E-state index is 10.8. The van der Waals surface area contributed by atoms with Crippen molar-refractivity contribution in [1.82, 2.24) is 0 Å². The Kier molecular flexibility index (Phi) is 4.87. The van der Waals surface area contributed by atoms with Gasteiger partial charge in [0.1, 0.15) is 6.04 Å². The standard InChI is InChI=1S/C14H12ClNO3S/c15-13-7-6-12(20-13)10-3-1-9(2-4-10)11(16-19)5-8-14(17)18/h1-4,6-7,11H,5,8H2,(H,17,18). The third-order valence-electron chi connectivity index (χ3n) is 2.91. The Morgan fingerprint density at radius 3 is 2.45 bits per heavy atom. The summed E-state index contributed by atoms with van der Waals surface area (Å²) in [6.45, 7) is 0. The summed E-state index contributed by atoms with van der Waals surface area (Å²) >= 11 is 7.37. The van der Waals surface area contributed by atoms with Crippen LogP contribution < -0.4 is 0 Å². The van der Waals surface area contributed by atoms with Crippen molar-refractivity contribution in [3.8, 4) is 10.4 Å². The average Bonchev–Trinajstić information content (AvgIpc) is 2.86. The van der Waals surface area contributed by atoms with Gasteiger partial charge in [0.15, 0.2) is 0 Å². The summed E-state index contributed by atoms with van der Waals surface area (Å²) in [6, 6.07) is 10.5. The van der Waals surface area contributed by atoms with Gasteiger partial charge >= 0.3 is 5.97 Å². The van der Waals surface area contributed by atoms with Crippen LogP contribution in [0.1, 0.15) is 24.4 Å². The van der Waals surface area contributed by atoms with Gasteiger partial charge in [0.25, 0.3) is 0 Å². The summed E-state index contributed by atoms with van der Waals surface area (Å²) in [7, 11) is 0. The first-order valence-corrected chi connectivity index (χ1v) is 7.19. The van der Waals surface area contributed by atoms with E-state index in [1.54, 1.807) is 12.1 Å². The van der Waals surface area contributed by atoms with E-state index in [1.165, 1.54) is 11.3 Å². The zero-order valence-electron chi connectivity index (χ0n) is 10.5. The fraction of sp³-hybridized carbons (Fsp3) is 0.214. The molecule has 0 aliphatic heterocycles. The molecule has 1 unspecified atom stereocenters. The highest BCUT2D eigenvalue weighted by Gasteiger charge is 2.14. The third-order valence-corrected chi connectivity index (χ3v) is 4.19. The van der Waals surface area contributed by atoms with Crippen LogP contribution in [0.5, 0.6) is 0 Å². The summed E-state index contributed by atoms with van der Waals surface area (Å²) in [5.74, 6) is -0.927. The first-order valence-electron chi connectivity index (χ1n) is 6.00. The normalized spacial score (nSPS) is 12.1. The number of thiophene rings is 1. The molecule has 0 amide bonds. The molecule has 0 bridgehead atoms. The number of benzene rings is 1. The van der Waals surface area contributed by atoms with Crippen molar-refractivity contribution in [2.24, 2.45) is 5.18 Å². The molecule has 0 radical (unpaired) electrons. The van der Waals surface area contributed by atoms with Crippen LogP contribution in [0.2, 0.25) is 4.34 Å². The van der Waals surface area contributed by atoms with Gasteiger partial charge in [-0.1, -0.05) is 41.0 Å². The molecule has 0 spiro atoms. The second-order valence-corrected chi connectivity index (χ2v) is 5.99. The smallest absolute Gasteiger partial charge is 0.303 e. The van der Waals surface area contributed by atoms with Gasteiger partial charge in [-0.05, 0) is 29.7 Å². The Hall–Kier alpha value is -1.72. The zero-order chi connectivity index (χ0) is 14.5. The number of halogens is 1. The molecule has 0 aliphatic rings. The molecule has 0 aliphatic carbocycles. The lowest BCUT2D eigenvalue weighted by molar-refractivity contribution is -0.137. The van der Waals surface area contributed by atoms with Crippen LogP contribution >= 0.6 is 22.9 Å². The van der Waals surface area contributed by atoms with Crippen molar-refractivity contribution >= 4 is 28.9 Å². The summed E-state index contributed by atoms with van der Waals surface area (Å²) < 4.78 is 0.720. The van der Waals surface area contributed by atoms with E-state index >= 15 is 0 Å². The van der Waals surface area contributed by atoms with Crippen LogP contribution in [0.15, 0.2) is 41.6 Å². The quantitative estimate of drug-likeness (QED) is 0.784. The molecule has 6 heteroatoms. The van der Waals surface area contributed by atoms with Crippen LogP contribution in [-0.4, -0.2) is 11.1 Å². The number of carboxylic acids is 1.